The molecule has 3 atom stereocenters. The Morgan fingerprint density at radius 3 is 3.14 bits per heavy atom. The lowest BCUT2D eigenvalue weighted by Gasteiger charge is -2.23. The molecule has 0 radical (unpaired) electrons. The minimum absolute atomic E-state index is 0.657. The number of aromatic nitrogens is 2. The van der Waals surface area contributed by atoms with Gasteiger partial charge in [-0.15, -0.1) is 11.3 Å². The first-order chi connectivity index (χ1) is 10.3. The highest BCUT2D eigenvalue weighted by molar-refractivity contribution is 7.13. The minimum atomic E-state index is 0.657. The molecule has 2 aliphatic heterocycles. The Labute approximate surface area is 129 Å². The van der Waals surface area contributed by atoms with Crippen molar-refractivity contribution in [2.45, 2.75) is 19.5 Å². The zero-order chi connectivity index (χ0) is 14.2. The minimum Gasteiger partial charge on any atom is -0.316 e. The van der Waals surface area contributed by atoms with E-state index < -0.39 is 0 Å². The highest BCUT2D eigenvalue weighted by Crippen LogP contribution is 2.33. The topological polar surface area (TPSA) is 41.0 Å². The second kappa shape index (κ2) is 5.48. The van der Waals surface area contributed by atoms with Gasteiger partial charge in [0.2, 0.25) is 0 Å². The predicted molar refractivity (Wildman–Crippen MR) is 85.1 cm³/mol. The van der Waals surface area contributed by atoms with Crippen LogP contribution in [0.3, 0.4) is 0 Å². The number of nitrogens with one attached hydrogen (secondary N) is 1. The smallest absolute Gasteiger partial charge is 0.142 e. The summed E-state index contributed by atoms with van der Waals surface area (Å²) < 4.78 is 0. The van der Waals surface area contributed by atoms with Crippen LogP contribution < -0.4 is 5.32 Å². The number of nitrogens with zero attached hydrogens (tertiary/aromatic N) is 3. The number of rotatable bonds is 3. The SMILES string of the molecule is CC1C2CNCC2CN1Cc1csc(-c2ccccn2)n1. The van der Waals surface area contributed by atoms with Crippen LogP contribution in [0.15, 0.2) is 29.8 Å². The first-order valence-corrected chi connectivity index (χ1v) is 8.50. The molecular formula is C16H20N4S. The van der Waals surface area contributed by atoms with E-state index >= 15 is 0 Å². The van der Waals surface area contributed by atoms with E-state index in [1.54, 1.807) is 11.3 Å². The molecule has 21 heavy (non-hydrogen) atoms. The summed E-state index contributed by atoms with van der Waals surface area (Å²) in [4.78, 5) is 11.7. The van der Waals surface area contributed by atoms with Crippen LogP contribution in [0.1, 0.15) is 12.6 Å². The van der Waals surface area contributed by atoms with Gasteiger partial charge < -0.3 is 5.32 Å². The molecule has 5 heteroatoms. The van der Waals surface area contributed by atoms with Gasteiger partial charge in [0.1, 0.15) is 5.01 Å². The number of thiazole rings is 1. The summed E-state index contributed by atoms with van der Waals surface area (Å²) in [6.45, 7) is 6.90. The monoisotopic (exact) mass is 300 g/mol. The summed E-state index contributed by atoms with van der Waals surface area (Å²) in [5.74, 6) is 1.65. The van der Waals surface area contributed by atoms with E-state index in [1.165, 1.54) is 25.3 Å². The van der Waals surface area contributed by atoms with E-state index in [9.17, 15) is 0 Å². The molecule has 2 saturated heterocycles. The number of likely N-dealkylation sites (tertiary alicyclic amines) is 1. The van der Waals surface area contributed by atoms with Crippen molar-refractivity contribution in [2.75, 3.05) is 19.6 Å². The van der Waals surface area contributed by atoms with Crippen molar-refractivity contribution in [3.8, 4) is 10.7 Å². The fraction of sp³-hybridized carbons (Fsp3) is 0.500. The Hall–Kier alpha value is -1.30. The lowest BCUT2D eigenvalue weighted by molar-refractivity contribution is 0.229. The maximum Gasteiger partial charge on any atom is 0.142 e. The van der Waals surface area contributed by atoms with Crippen LogP contribution in [0.25, 0.3) is 10.7 Å². The molecule has 110 valence electrons. The molecule has 3 unspecified atom stereocenters. The summed E-state index contributed by atoms with van der Waals surface area (Å²) in [6, 6.07) is 6.64. The largest absolute Gasteiger partial charge is 0.316 e. The molecule has 0 saturated carbocycles. The maximum atomic E-state index is 4.77. The summed E-state index contributed by atoms with van der Waals surface area (Å²) in [6.07, 6.45) is 1.83. The molecule has 2 aromatic heterocycles. The standard InChI is InChI=1S/C16H20N4S/c1-11-14-7-17-6-12(14)8-20(11)9-13-10-21-16(19-13)15-4-2-3-5-18-15/h2-5,10-12,14,17H,6-9H2,1H3. The van der Waals surface area contributed by atoms with Gasteiger partial charge in [-0.1, -0.05) is 6.07 Å². The lowest BCUT2D eigenvalue weighted by atomic mass is 9.95. The Morgan fingerprint density at radius 1 is 1.38 bits per heavy atom. The molecule has 4 nitrogen and oxygen atoms in total. The van der Waals surface area contributed by atoms with E-state index in [2.05, 4.69) is 27.5 Å². The summed E-state index contributed by atoms with van der Waals surface area (Å²) in [7, 11) is 0. The molecule has 4 heterocycles. The van der Waals surface area contributed by atoms with Gasteiger partial charge in [0.25, 0.3) is 0 Å². The van der Waals surface area contributed by atoms with Crippen LogP contribution in [-0.2, 0) is 6.54 Å². The Kier molecular flexibility index (Phi) is 3.49. The van der Waals surface area contributed by atoms with Crippen LogP contribution in [0.2, 0.25) is 0 Å². The van der Waals surface area contributed by atoms with Gasteiger partial charge in [-0.3, -0.25) is 9.88 Å². The third kappa shape index (κ3) is 2.50. The Balaban J connectivity index is 1.48. The number of fused-ring (bicyclic) bond motifs is 1. The van der Waals surface area contributed by atoms with Crippen LogP contribution in [-0.4, -0.2) is 40.5 Å². The second-order valence-electron chi connectivity index (χ2n) is 6.11. The third-order valence-corrected chi connectivity index (χ3v) is 5.77. The maximum absolute atomic E-state index is 4.77. The summed E-state index contributed by atoms with van der Waals surface area (Å²) >= 11 is 1.70. The van der Waals surface area contributed by atoms with E-state index in [-0.39, 0.29) is 0 Å². The first kappa shape index (κ1) is 13.4. The normalized spacial score (nSPS) is 28.9. The predicted octanol–water partition coefficient (Wildman–Crippen LogP) is 2.24. The molecule has 1 N–H and O–H groups in total. The van der Waals surface area contributed by atoms with Gasteiger partial charge in [-0.25, -0.2) is 4.98 Å². The summed E-state index contributed by atoms with van der Waals surface area (Å²) in [5, 5.41) is 6.73. The van der Waals surface area contributed by atoms with Gasteiger partial charge in [-0.2, -0.15) is 0 Å². The van der Waals surface area contributed by atoms with Crippen LogP contribution in [0.5, 0.6) is 0 Å². The zero-order valence-corrected chi connectivity index (χ0v) is 13.0. The van der Waals surface area contributed by atoms with Crippen LogP contribution >= 0.6 is 11.3 Å². The van der Waals surface area contributed by atoms with Crippen molar-refractivity contribution in [3.05, 3.63) is 35.5 Å². The molecule has 0 aliphatic carbocycles. The number of hydrogen-bond acceptors (Lipinski definition) is 5. The zero-order valence-electron chi connectivity index (χ0n) is 12.2. The average Bonchev–Trinajstić information content (AvgIpc) is 3.21. The number of hydrogen-bond donors (Lipinski definition) is 1. The van der Waals surface area contributed by atoms with Gasteiger partial charge in [0.15, 0.2) is 0 Å². The molecule has 0 amide bonds. The fourth-order valence-corrected chi connectivity index (χ4v) is 4.45. The first-order valence-electron chi connectivity index (χ1n) is 7.62. The molecular weight excluding hydrogens is 280 g/mol. The van der Waals surface area contributed by atoms with Crippen LogP contribution in [0, 0.1) is 11.8 Å². The van der Waals surface area contributed by atoms with E-state index in [1.807, 2.05) is 24.4 Å². The number of pyridine rings is 1. The van der Waals surface area contributed by atoms with Crippen molar-refractivity contribution < 1.29 is 0 Å². The molecule has 0 spiro atoms. The van der Waals surface area contributed by atoms with E-state index in [0.29, 0.717) is 6.04 Å². The average molecular weight is 300 g/mol. The van der Waals surface area contributed by atoms with Gasteiger partial charge in [0.05, 0.1) is 11.4 Å². The van der Waals surface area contributed by atoms with Crippen molar-refractivity contribution in [2.24, 2.45) is 11.8 Å². The molecule has 2 fully saturated rings. The summed E-state index contributed by atoms with van der Waals surface area (Å²) in [5.41, 5.74) is 2.16. The van der Waals surface area contributed by atoms with Gasteiger partial charge >= 0.3 is 0 Å². The molecule has 2 aliphatic rings. The quantitative estimate of drug-likeness (QED) is 0.944. The Morgan fingerprint density at radius 2 is 2.33 bits per heavy atom. The van der Waals surface area contributed by atoms with E-state index in [0.717, 1.165) is 29.1 Å². The van der Waals surface area contributed by atoms with Crippen molar-refractivity contribution in [3.63, 3.8) is 0 Å². The lowest BCUT2D eigenvalue weighted by Crippen LogP contribution is -2.32. The third-order valence-electron chi connectivity index (χ3n) is 4.86. The van der Waals surface area contributed by atoms with Crippen molar-refractivity contribution in [1.29, 1.82) is 0 Å². The second-order valence-corrected chi connectivity index (χ2v) is 6.97. The van der Waals surface area contributed by atoms with Crippen molar-refractivity contribution in [1.82, 2.24) is 20.2 Å². The molecule has 4 rings (SSSR count). The Bertz CT molecular complexity index is 612. The fourth-order valence-electron chi connectivity index (χ4n) is 3.66. The molecule has 0 bridgehead atoms. The van der Waals surface area contributed by atoms with Gasteiger partial charge in [0, 0.05) is 30.7 Å². The highest BCUT2D eigenvalue weighted by Gasteiger charge is 2.41. The van der Waals surface area contributed by atoms with Crippen molar-refractivity contribution >= 4 is 11.3 Å². The van der Waals surface area contributed by atoms with Gasteiger partial charge in [-0.05, 0) is 44.0 Å². The van der Waals surface area contributed by atoms with E-state index in [4.69, 9.17) is 4.98 Å². The highest BCUT2D eigenvalue weighted by atomic mass is 32.1. The molecule has 0 aromatic carbocycles. The molecule has 2 aromatic rings. The van der Waals surface area contributed by atoms with Crippen LogP contribution in [0.4, 0.5) is 0 Å².